The van der Waals surface area contributed by atoms with Crippen LogP contribution in [0, 0.1) is 0 Å². The molecule has 0 saturated heterocycles. The Labute approximate surface area is 107 Å². The van der Waals surface area contributed by atoms with Crippen molar-refractivity contribution in [2.45, 2.75) is 22.3 Å². The number of carbonyl (C=O) groups excluding carboxylic acids is 1. The van der Waals surface area contributed by atoms with Crippen molar-refractivity contribution in [2.75, 3.05) is 6.61 Å². The van der Waals surface area contributed by atoms with Crippen LogP contribution in [0.25, 0.3) is 0 Å². The summed E-state index contributed by atoms with van der Waals surface area (Å²) in [7, 11) is -3.92. The molecule has 0 heterocycles. The number of hydrogen-bond donors (Lipinski definition) is 1. The van der Waals surface area contributed by atoms with Gasteiger partial charge in [-0.05, 0) is 0 Å². The first-order valence-corrected chi connectivity index (χ1v) is 7.20. The van der Waals surface area contributed by atoms with Crippen LogP contribution in [-0.4, -0.2) is 56.0 Å². The van der Waals surface area contributed by atoms with Gasteiger partial charge in [-0.15, -0.1) is 0 Å². The molecule has 0 fully saturated rings. The van der Waals surface area contributed by atoms with Crippen LogP contribution in [0.4, 0.5) is 0 Å². The molecule has 0 aliphatic heterocycles. The summed E-state index contributed by atoms with van der Waals surface area (Å²) < 4.78 is 34.0. The minimum atomic E-state index is -3.92. The molecule has 0 aromatic carbocycles. The predicted octanol–water partition coefficient (Wildman–Crippen LogP) is 0.268. The summed E-state index contributed by atoms with van der Waals surface area (Å²) >= 11 is 0.362. The standard InChI is InChI=1S/C8H13O5S.Na/c1-7(2)8(9)13-5-3-4-6-14(10,11)12;/h6H,1,3-5H2,2H3,(H,10,11,12);. The van der Waals surface area contributed by atoms with E-state index in [9.17, 15) is 13.2 Å². The molecule has 0 aromatic heterocycles. The van der Waals surface area contributed by atoms with Crippen molar-refractivity contribution < 1.29 is 22.5 Å². The van der Waals surface area contributed by atoms with Crippen molar-refractivity contribution in [3.8, 4) is 0 Å². The van der Waals surface area contributed by atoms with Crippen LogP contribution < -0.4 is 0 Å². The Morgan fingerprint density at radius 3 is 2.53 bits per heavy atom. The summed E-state index contributed by atoms with van der Waals surface area (Å²) in [4.78, 5) is 10.9. The molecular weight excluding hydrogens is 231 g/mol. The topological polar surface area (TPSA) is 80.7 Å². The van der Waals surface area contributed by atoms with Crippen molar-refractivity contribution >= 4 is 44.0 Å². The molecule has 0 rings (SSSR count). The van der Waals surface area contributed by atoms with E-state index in [2.05, 4.69) is 6.58 Å². The molecule has 1 N–H and O–H groups in total. The zero-order chi connectivity index (χ0) is 12.1. The first kappa shape index (κ1) is 15.1. The van der Waals surface area contributed by atoms with Crippen LogP contribution in [0.2, 0.25) is 0 Å². The second-order valence-electron chi connectivity index (χ2n) is 3.38. The van der Waals surface area contributed by atoms with Crippen molar-refractivity contribution in [1.29, 1.82) is 0 Å². The molecule has 82 valence electrons. The first-order chi connectivity index (χ1) is 6.75. The van der Waals surface area contributed by atoms with Gasteiger partial charge < -0.3 is 0 Å². The average Bonchev–Trinajstić information content (AvgIpc) is 2.09. The molecule has 0 aliphatic carbocycles. The molecule has 1 atom stereocenters. The molecule has 7 heteroatoms. The van der Waals surface area contributed by atoms with E-state index in [4.69, 9.17) is 9.29 Å². The number of rotatable bonds is 6. The molecule has 0 amide bonds. The van der Waals surface area contributed by atoms with Gasteiger partial charge in [-0.25, -0.2) is 0 Å². The normalized spacial score (nSPS) is 13.3. The van der Waals surface area contributed by atoms with Crippen LogP contribution in [0.1, 0.15) is 19.8 Å². The van der Waals surface area contributed by atoms with Gasteiger partial charge in [-0.2, -0.15) is 0 Å². The summed E-state index contributed by atoms with van der Waals surface area (Å²) in [6.45, 7) is 5.10. The fraction of sp³-hybridized carbons (Fsp3) is 0.625. The van der Waals surface area contributed by atoms with Crippen LogP contribution >= 0.6 is 0 Å². The molecule has 0 spiro atoms. The van der Waals surface area contributed by atoms with E-state index in [0.717, 1.165) is 0 Å². The van der Waals surface area contributed by atoms with Gasteiger partial charge >= 0.3 is 108 Å². The minimum absolute atomic E-state index is 0.153. The van der Waals surface area contributed by atoms with Crippen molar-refractivity contribution in [1.82, 2.24) is 0 Å². The molecule has 0 aliphatic rings. The zero-order valence-corrected chi connectivity index (χ0v) is 11.7. The molecule has 0 aromatic rings. The Morgan fingerprint density at radius 1 is 1.60 bits per heavy atom. The third-order valence-electron chi connectivity index (χ3n) is 1.85. The molecule has 5 nitrogen and oxygen atoms in total. The summed E-state index contributed by atoms with van der Waals surface area (Å²) in [5.74, 6) is -0.480. The molecule has 0 radical (unpaired) electrons. The number of hydrogen-bond acceptors (Lipinski definition) is 4. The van der Waals surface area contributed by atoms with Gasteiger partial charge in [0, 0.05) is 0 Å². The van der Waals surface area contributed by atoms with Gasteiger partial charge in [0.05, 0.1) is 0 Å². The molecule has 15 heavy (non-hydrogen) atoms. The van der Waals surface area contributed by atoms with E-state index in [0.29, 0.717) is 46.3 Å². The number of esters is 1. The van der Waals surface area contributed by atoms with Crippen molar-refractivity contribution in [3.63, 3.8) is 0 Å². The van der Waals surface area contributed by atoms with E-state index in [1.807, 2.05) is 0 Å². The van der Waals surface area contributed by atoms with Gasteiger partial charge in [0.15, 0.2) is 0 Å². The second-order valence-corrected chi connectivity index (χ2v) is 7.45. The third-order valence-corrected chi connectivity index (χ3v) is 5.46. The maximum absolute atomic E-state index is 10.9. The second kappa shape index (κ2) is 6.65. The zero-order valence-electron chi connectivity index (χ0n) is 8.89. The SMILES string of the molecule is C=C(C)C(=O)OCCC[CH]([Na])S(=O)(=O)O. The maximum atomic E-state index is 10.9. The van der Waals surface area contributed by atoms with Gasteiger partial charge in [-0.1, -0.05) is 0 Å². The van der Waals surface area contributed by atoms with Gasteiger partial charge in [0.25, 0.3) is 0 Å². The Balaban J connectivity index is 3.74. The van der Waals surface area contributed by atoms with Crippen molar-refractivity contribution in [2.24, 2.45) is 0 Å². The molecular formula is C8H13NaO5S. The van der Waals surface area contributed by atoms with Crippen LogP contribution in [-0.2, 0) is 19.6 Å². The van der Waals surface area contributed by atoms with Gasteiger partial charge in [0.2, 0.25) is 0 Å². The van der Waals surface area contributed by atoms with Crippen LogP contribution in [0.15, 0.2) is 12.2 Å². The Hall–Kier alpha value is 0.120. The average molecular weight is 244 g/mol. The van der Waals surface area contributed by atoms with Gasteiger partial charge in [0.1, 0.15) is 0 Å². The summed E-state index contributed by atoms with van der Waals surface area (Å²) in [6.07, 6.45) is 0.738. The summed E-state index contributed by atoms with van der Waals surface area (Å²) in [5.41, 5.74) is 0.312. The van der Waals surface area contributed by atoms with Crippen molar-refractivity contribution in [3.05, 3.63) is 12.2 Å². The monoisotopic (exact) mass is 244 g/mol. The van der Waals surface area contributed by atoms with E-state index in [1.54, 1.807) is 0 Å². The fourth-order valence-electron chi connectivity index (χ4n) is 0.808. The summed E-state index contributed by atoms with van der Waals surface area (Å²) in [6, 6.07) is 0. The van der Waals surface area contributed by atoms with E-state index in [1.165, 1.54) is 6.92 Å². The molecule has 0 saturated carbocycles. The van der Waals surface area contributed by atoms with Gasteiger partial charge in [-0.3, -0.25) is 0 Å². The molecule has 0 bridgehead atoms. The number of ether oxygens (including phenoxy) is 1. The summed E-state index contributed by atoms with van der Waals surface area (Å²) in [5, 5.41) is 0. The van der Waals surface area contributed by atoms with E-state index >= 15 is 0 Å². The van der Waals surface area contributed by atoms with E-state index < -0.39 is 18.6 Å². The Kier molecular flexibility index (Phi) is 6.70. The fourth-order valence-corrected chi connectivity index (χ4v) is 1.68. The Morgan fingerprint density at radius 2 is 2.13 bits per heavy atom. The van der Waals surface area contributed by atoms with E-state index in [-0.39, 0.29) is 6.61 Å². The predicted molar refractivity (Wildman–Crippen MR) is 56.1 cm³/mol. The Bertz CT molecular complexity index is 335. The number of carbonyl (C=O) groups is 1. The quantitative estimate of drug-likeness (QED) is 0.238. The first-order valence-electron chi connectivity index (χ1n) is 4.54. The van der Waals surface area contributed by atoms with Crippen LogP contribution in [0.3, 0.4) is 0 Å². The molecule has 1 unspecified atom stereocenters. The van der Waals surface area contributed by atoms with Crippen LogP contribution in [0.5, 0.6) is 0 Å². The third kappa shape index (κ3) is 7.08.